The van der Waals surface area contributed by atoms with Gasteiger partial charge in [-0.1, -0.05) is 23.2 Å². The van der Waals surface area contributed by atoms with Crippen LogP contribution in [-0.2, 0) is 9.53 Å². The maximum absolute atomic E-state index is 12.3. The summed E-state index contributed by atoms with van der Waals surface area (Å²) in [5.74, 6) is -0.544. The molecule has 2 N–H and O–H groups in total. The highest BCUT2D eigenvalue weighted by Gasteiger charge is 2.24. The van der Waals surface area contributed by atoms with Crippen molar-refractivity contribution in [2.45, 2.75) is 19.4 Å². The number of carbonyl (C=O) groups excluding carboxylic acids is 3. The van der Waals surface area contributed by atoms with Crippen molar-refractivity contribution in [3.8, 4) is 0 Å². The molecule has 0 saturated carbocycles. The minimum absolute atomic E-state index is 0.140. The molecule has 6 nitrogen and oxygen atoms in total. The van der Waals surface area contributed by atoms with Gasteiger partial charge in [-0.05, 0) is 43.6 Å². The lowest BCUT2D eigenvalue weighted by Gasteiger charge is -2.18. The Hall–Kier alpha value is -1.44. The van der Waals surface area contributed by atoms with Crippen LogP contribution in [-0.4, -0.2) is 42.6 Å². The maximum atomic E-state index is 12.3. The molecule has 132 valence electrons. The van der Waals surface area contributed by atoms with E-state index in [1.165, 1.54) is 30.0 Å². The summed E-state index contributed by atoms with van der Waals surface area (Å²) in [4.78, 5) is 35.8. The SMILES string of the molecule is CCOC(=O)NC(=O)[C@H](CCSC)NC(=O)c1ccc(Cl)cc1Cl. The van der Waals surface area contributed by atoms with Gasteiger partial charge in [0.2, 0.25) is 0 Å². The molecule has 1 aromatic carbocycles. The van der Waals surface area contributed by atoms with Gasteiger partial charge in [0.25, 0.3) is 11.8 Å². The van der Waals surface area contributed by atoms with E-state index in [1.54, 1.807) is 6.92 Å². The maximum Gasteiger partial charge on any atom is 0.413 e. The van der Waals surface area contributed by atoms with Gasteiger partial charge in [0.05, 0.1) is 17.2 Å². The quantitative estimate of drug-likeness (QED) is 0.744. The van der Waals surface area contributed by atoms with Crippen LogP contribution in [0.2, 0.25) is 10.0 Å². The minimum Gasteiger partial charge on any atom is -0.450 e. The van der Waals surface area contributed by atoms with Crippen molar-refractivity contribution in [2.75, 3.05) is 18.6 Å². The van der Waals surface area contributed by atoms with E-state index in [9.17, 15) is 14.4 Å². The highest BCUT2D eigenvalue weighted by atomic mass is 35.5. The second kappa shape index (κ2) is 10.4. The summed E-state index contributed by atoms with van der Waals surface area (Å²) >= 11 is 13.3. The number of amides is 3. The molecule has 0 aliphatic heterocycles. The van der Waals surface area contributed by atoms with Crippen LogP contribution >= 0.6 is 35.0 Å². The zero-order chi connectivity index (χ0) is 18.1. The van der Waals surface area contributed by atoms with Gasteiger partial charge in [0.15, 0.2) is 0 Å². The Balaban J connectivity index is 2.82. The van der Waals surface area contributed by atoms with Crippen molar-refractivity contribution >= 4 is 52.9 Å². The fraction of sp³-hybridized carbons (Fsp3) is 0.400. The fourth-order valence-corrected chi connectivity index (χ4v) is 2.73. The van der Waals surface area contributed by atoms with Crippen molar-refractivity contribution < 1.29 is 19.1 Å². The number of benzene rings is 1. The second-order valence-electron chi connectivity index (χ2n) is 4.64. The summed E-state index contributed by atoms with van der Waals surface area (Å²) < 4.78 is 4.66. The predicted octanol–water partition coefficient (Wildman–Crippen LogP) is 3.12. The molecule has 0 heterocycles. The zero-order valence-electron chi connectivity index (χ0n) is 13.2. The second-order valence-corrected chi connectivity index (χ2v) is 6.47. The predicted molar refractivity (Wildman–Crippen MR) is 95.9 cm³/mol. The molecule has 0 aliphatic carbocycles. The summed E-state index contributed by atoms with van der Waals surface area (Å²) in [5.41, 5.74) is 0.194. The zero-order valence-corrected chi connectivity index (χ0v) is 15.6. The molecule has 0 unspecified atom stereocenters. The average molecular weight is 393 g/mol. The Bertz CT molecular complexity index is 613. The van der Waals surface area contributed by atoms with E-state index in [0.717, 1.165) is 0 Å². The molecular formula is C15H18Cl2N2O4S. The first kappa shape index (κ1) is 20.6. The smallest absolute Gasteiger partial charge is 0.413 e. The van der Waals surface area contributed by atoms with E-state index in [4.69, 9.17) is 23.2 Å². The molecule has 3 amide bonds. The van der Waals surface area contributed by atoms with Crippen molar-refractivity contribution in [1.29, 1.82) is 0 Å². The standard InChI is InChI=1S/C15H18Cl2N2O4S/c1-3-23-15(22)19-14(21)12(6-7-24-2)18-13(20)10-5-4-9(16)8-11(10)17/h4-5,8,12H,3,6-7H2,1-2H3,(H,18,20)(H,19,21,22)/t12-/m0/s1. The Labute approximate surface area is 154 Å². The summed E-state index contributed by atoms with van der Waals surface area (Å²) in [7, 11) is 0. The molecule has 0 fully saturated rings. The number of hydrogen-bond acceptors (Lipinski definition) is 5. The van der Waals surface area contributed by atoms with Crippen LogP contribution < -0.4 is 10.6 Å². The molecule has 0 spiro atoms. The molecule has 1 rings (SSSR count). The molecule has 24 heavy (non-hydrogen) atoms. The lowest BCUT2D eigenvalue weighted by molar-refractivity contribution is -0.122. The van der Waals surface area contributed by atoms with Crippen LogP contribution in [0, 0.1) is 0 Å². The molecule has 0 aromatic heterocycles. The molecule has 1 atom stereocenters. The van der Waals surface area contributed by atoms with Crippen LogP contribution in [0.5, 0.6) is 0 Å². The first-order valence-electron chi connectivity index (χ1n) is 7.11. The van der Waals surface area contributed by atoms with Crippen molar-refractivity contribution in [3.05, 3.63) is 33.8 Å². The molecule has 0 bridgehead atoms. The van der Waals surface area contributed by atoms with Gasteiger partial charge in [0, 0.05) is 5.02 Å². The number of alkyl carbamates (subject to hydrolysis) is 1. The van der Waals surface area contributed by atoms with Crippen LogP contribution in [0.4, 0.5) is 4.79 Å². The number of carbonyl (C=O) groups is 3. The van der Waals surface area contributed by atoms with Gasteiger partial charge in [-0.3, -0.25) is 14.9 Å². The first-order valence-corrected chi connectivity index (χ1v) is 9.26. The number of rotatable bonds is 7. The van der Waals surface area contributed by atoms with Gasteiger partial charge in [-0.2, -0.15) is 11.8 Å². The molecule has 0 radical (unpaired) electrons. The largest absolute Gasteiger partial charge is 0.450 e. The summed E-state index contributed by atoms with van der Waals surface area (Å²) in [6, 6.07) is 3.54. The number of imide groups is 1. The van der Waals surface area contributed by atoms with E-state index in [-0.39, 0.29) is 17.2 Å². The van der Waals surface area contributed by atoms with E-state index >= 15 is 0 Å². The minimum atomic E-state index is -0.888. The monoisotopic (exact) mass is 392 g/mol. The van der Waals surface area contributed by atoms with Crippen LogP contribution in [0.1, 0.15) is 23.7 Å². The topological polar surface area (TPSA) is 84.5 Å². The van der Waals surface area contributed by atoms with E-state index in [1.807, 2.05) is 6.26 Å². The molecule has 9 heteroatoms. The Morgan fingerprint density at radius 2 is 2.00 bits per heavy atom. The van der Waals surface area contributed by atoms with E-state index < -0.39 is 23.9 Å². The van der Waals surface area contributed by atoms with Gasteiger partial charge in [-0.25, -0.2) is 4.79 Å². The fourth-order valence-electron chi connectivity index (χ4n) is 1.77. The number of hydrogen-bond donors (Lipinski definition) is 2. The molecular weight excluding hydrogens is 375 g/mol. The number of nitrogens with one attached hydrogen (secondary N) is 2. The van der Waals surface area contributed by atoms with Crippen molar-refractivity contribution in [1.82, 2.24) is 10.6 Å². The summed E-state index contributed by atoms with van der Waals surface area (Å²) in [6.45, 7) is 1.76. The van der Waals surface area contributed by atoms with Crippen LogP contribution in [0.3, 0.4) is 0 Å². The summed E-state index contributed by atoms with van der Waals surface area (Å²) in [6.07, 6.45) is 1.37. The molecule has 0 saturated heterocycles. The third-order valence-corrected chi connectivity index (χ3v) is 4.10. The lowest BCUT2D eigenvalue weighted by Crippen LogP contribution is -2.48. The van der Waals surface area contributed by atoms with E-state index in [0.29, 0.717) is 17.2 Å². The number of thioether (sulfide) groups is 1. The highest BCUT2D eigenvalue weighted by Crippen LogP contribution is 2.21. The number of ether oxygens (including phenoxy) is 1. The lowest BCUT2D eigenvalue weighted by atomic mass is 10.1. The van der Waals surface area contributed by atoms with Crippen LogP contribution in [0.25, 0.3) is 0 Å². The normalized spacial score (nSPS) is 11.5. The van der Waals surface area contributed by atoms with Gasteiger partial charge < -0.3 is 10.1 Å². The third-order valence-electron chi connectivity index (χ3n) is 2.91. The molecule has 0 aliphatic rings. The van der Waals surface area contributed by atoms with Gasteiger partial charge >= 0.3 is 6.09 Å². The van der Waals surface area contributed by atoms with Crippen molar-refractivity contribution in [3.63, 3.8) is 0 Å². The summed E-state index contributed by atoms with van der Waals surface area (Å²) in [5, 5.41) is 5.24. The Morgan fingerprint density at radius 1 is 1.29 bits per heavy atom. The number of halogens is 2. The Kier molecular flexibility index (Phi) is 8.95. The highest BCUT2D eigenvalue weighted by molar-refractivity contribution is 7.98. The Morgan fingerprint density at radius 3 is 2.58 bits per heavy atom. The van der Waals surface area contributed by atoms with Gasteiger partial charge in [-0.15, -0.1) is 0 Å². The van der Waals surface area contributed by atoms with E-state index in [2.05, 4.69) is 15.4 Å². The third kappa shape index (κ3) is 6.59. The average Bonchev–Trinajstić information content (AvgIpc) is 2.51. The first-order chi connectivity index (χ1) is 11.4. The van der Waals surface area contributed by atoms with Crippen LogP contribution in [0.15, 0.2) is 18.2 Å². The van der Waals surface area contributed by atoms with Crippen molar-refractivity contribution in [2.24, 2.45) is 0 Å². The van der Waals surface area contributed by atoms with Gasteiger partial charge in [0.1, 0.15) is 6.04 Å². The molecule has 1 aromatic rings.